The van der Waals surface area contributed by atoms with Gasteiger partial charge in [-0.25, -0.2) is 4.98 Å². The third-order valence-electron chi connectivity index (χ3n) is 6.89. The van der Waals surface area contributed by atoms with Gasteiger partial charge in [0.2, 0.25) is 0 Å². The summed E-state index contributed by atoms with van der Waals surface area (Å²) < 4.78 is 0. The number of para-hydroxylation sites is 1. The van der Waals surface area contributed by atoms with Crippen LogP contribution in [0.5, 0.6) is 0 Å². The first-order chi connectivity index (χ1) is 17.6. The quantitative estimate of drug-likeness (QED) is 0.268. The van der Waals surface area contributed by atoms with Crippen LogP contribution in [0.15, 0.2) is 109 Å². The van der Waals surface area contributed by atoms with Crippen LogP contribution in [0.4, 0.5) is 0 Å². The standard InChI is InChI=1S/C33H30N2O/c1-23-17-18-27(21-24(23)2)32-22-30(29-15-9-10-16-31(29)35-32)33(36)34-20-19-28(25-11-5-3-6-12-25)26-13-7-4-8-14-26/h3-18,21-22,28H,19-20H2,1-2H3,(H,34,36). The molecule has 0 aliphatic rings. The number of hydrogen-bond acceptors (Lipinski definition) is 2. The largest absolute Gasteiger partial charge is 0.352 e. The van der Waals surface area contributed by atoms with E-state index in [-0.39, 0.29) is 11.8 Å². The average molecular weight is 471 g/mol. The van der Waals surface area contributed by atoms with Gasteiger partial charge in [0.1, 0.15) is 0 Å². The number of aromatic nitrogens is 1. The van der Waals surface area contributed by atoms with E-state index in [4.69, 9.17) is 4.98 Å². The van der Waals surface area contributed by atoms with Crippen molar-refractivity contribution < 1.29 is 4.79 Å². The Morgan fingerprint density at radius 1 is 0.750 bits per heavy atom. The minimum atomic E-state index is -0.0708. The Balaban J connectivity index is 1.41. The lowest BCUT2D eigenvalue weighted by atomic mass is 9.88. The number of nitrogens with zero attached hydrogens (tertiary/aromatic N) is 1. The monoisotopic (exact) mass is 470 g/mol. The Morgan fingerprint density at radius 3 is 2.06 bits per heavy atom. The Labute approximate surface area is 212 Å². The van der Waals surface area contributed by atoms with Crippen molar-refractivity contribution in [3.05, 3.63) is 137 Å². The van der Waals surface area contributed by atoms with E-state index in [1.807, 2.05) is 42.5 Å². The number of benzene rings is 4. The van der Waals surface area contributed by atoms with E-state index in [0.29, 0.717) is 12.1 Å². The van der Waals surface area contributed by atoms with Crippen molar-refractivity contribution in [1.82, 2.24) is 10.3 Å². The first kappa shape index (κ1) is 23.5. The molecule has 0 aliphatic carbocycles. The molecule has 5 aromatic rings. The summed E-state index contributed by atoms with van der Waals surface area (Å²) in [6.07, 6.45) is 0.812. The lowest BCUT2D eigenvalue weighted by Crippen LogP contribution is -2.26. The van der Waals surface area contributed by atoms with E-state index in [1.54, 1.807) is 0 Å². The summed E-state index contributed by atoms with van der Waals surface area (Å²) in [6.45, 7) is 4.77. The highest BCUT2D eigenvalue weighted by Crippen LogP contribution is 2.29. The number of amides is 1. The summed E-state index contributed by atoms with van der Waals surface area (Å²) in [7, 11) is 0. The van der Waals surface area contributed by atoms with Crippen LogP contribution in [0.1, 0.15) is 45.0 Å². The number of fused-ring (bicyclic) bond motifs is 1. The highest BCUT2D eigenvalue weighted by atomic mass is 16.1. The van der Waals surface area contributed by atoms with Crippen molar-refractivity contribution in [2.24, 2.45) is 0 Å². The molecule has 1 aromatic heterocycles. The Morgan fingerprint density at radius 2 is 1.39 bits per heavy atom. The van der Waals surface area contributed by atoms with Gasteiger partial charge in [0.15, 0.2) is 0 Å². The zero-order chi connectivity index (χ0) is 24.9. The predicted octanol–water partition coefficient (Wildman–Crippen LogP) is 7.47. The molecule has 3 heteroatoms. The van der Waals surface area contributed by atoms with Crippen molar-refractivity contribution >= 4 is 16.8 Å². The van der Waals surface area contributed by atoms with E-state index in [0.717, 1.165) is 28.6 Å². The molecule has 3 nitrogen and oxygen atoms in total. The van der Waals surface area contributed by atoms with Gasteiger partial charge < -0.3 is 5.32 Å². The van der Waals surface area contributed by atoms with Crippen molar-refractivity contribution in [2.45, 2.75) is 26.2 Å². The van der Waals surface area contributed by atoms with Gasteiger partial charge in [-0.3, -0.25) is 4.79 Å². The summed E-state index contributed by atoms with van der Waals surface area (Å²) in [5, 5.41) is 4.06. The Hall–Kier alpha value is -4.24. The van der Waals surface area contributed by atoms with Crippen LogP contribution >= 0.6 is 0 Å². The molecule has 178 valence electrons. The van der Waals surface area contributed by atoms with Gasteiger partial charge in [-0.15, -0.1) is 0 Å². The molecule has 5 rings (SSSR count). The highest BCUT2D eigenvalue weighted by molar-refractivity contribution is 6.07. The number of aryl methyl sites for hydroxylation is 2. The molecule has 1 amide bonds. The molecule has 0 saturated carbocycles. The van der Waals surface area contributed by atoms with Crippen molar-refractivity contribution in [3.8, 4) is 11.3 Å². The van der Waals surface area contributed by atoms with Gasteiger partial charge in [-0.1, -0.05) is 91.0 Å². The van der Waals surface area contributed by atoms with Crippen LogP contribution in [-0.2, 0) is 0 Å². The first-order valence-corrected chi connectivity index (χ1v) is 12.5. The average Bonchev–Trinajstić information content (AvgIpc) is 2.93. The van der Waals surface area contributed by atoms with Crippen molar-refractivity contribution in [1.29, 1.82) is 0 Å². The lowest BCUT2D eigenvalue weighted by molar-refractivity contribution is 0.0954. The van der Waals surface area contributed by atoms with Gasteiger partial charge in [0, 0.05) is 23.4 Å². The number of rotatable bonds is 7. The molecular weight excluding hydrogens is 440 g/mol. The smallest absolute Gasteiger partial charge is 0.252 e. The third kappa shape index (κ3) is 5.06. The maximum atomic E-state index is 13.5. The summed E-state index contributed by atoms with van der Waals surface area (Å²) in [6, 6.07) is 37.1. The minimum Gasteiger partial charge on any atom is -0.352 e. The summed E-state index contributed by atoms with van der Waals surface area (Å²) in [5.41, 5.74) is 8.27. The maximum Gasteiger partial charge on any atom is 0.252 e. The summed E-state index contributed by atoms with van der Waals surface area (Å²) in [5.74, 6) is 0.145. The Bertz CT molecular complexity index is 1450. The Kier molecular flexibility index (Phi) is 6.90. The maximum absolute atomic E-state index is 13.5. The molecule has 0 saturated heterocycles. The molecular formula is C33H30N2O. The molecule has 1 heterocycles. The fourth-order valence-corrected chi connectivity index (χ4v) is 4.73. The SMILES string of the molecule is Cc1ccc(-c2cc(C(=O)NCCC(c3ccccc3)c3ccccc3)c3ccccc3n2)cc1C. The second kappa shape index (κ2) is 10.6. The molecule has 0 atom stereocenters. The van der Waals surface area contributed by atoms with Gasteiger partial charge in [0.25, 0.3) is 5.91 Å². The van der Waals surface area contributed by atoms with Crippen molar-refractivity contribution in [3.63, 3.8) is 0 Å². The fraction of sp³-hybridized carbons (Fsp3) is 0.152. The van der Waals surface area contributed by atoms with E-state index >= 15 is 0 Å². The third-order valence-corrected chi connectivity index (χ3v) is 6.89. The van der Waals surface area contributed by atoms with Crippen LogP contribution in [-0.4, -0.2) is 17.4 Å². The second-order valence-corrected chi connectivity index (χ2v) is 9.29. The predicted molar refractivity (Wildman–Crippen MR) is 148 cm³/mol. The molecule has 1 N–H and O–H groups in total. The fourth-order valence-electron chi connectivity index (χ4n) is 4.73. The zero-order valence-electron chi connectivity index (χ0n) is 20.7. The van der Waals surface area contributed by atoms with E-state index in [1.165, 1.54) is 22.3 Å². The number of carbonyl (C=O) groups is 1. The van der Waals surface area contributed by atoms with Gasteiger partial charge in [0.05, 0.1) is 16.8 Å². The number of nitrogens with one attached hydrogen (secondary N) is 1. The molecule has 0 spiro atoms. The van der Waals surface area contributed by atoms with Gasteiger partial charge >= 0.3 is 0 Å². The molecule has 0 radical (unpaired) electrons. The van der Waals surface area contributed by atoms with Crippen LogP contribution in [0.25, 0.3) is 22.2 Å². The molecule has 4 aromatic carbocycles. The molecule has 0 unspecified atom stereocenters. The first-order valence-electron chi connectivity index (χ1n) is 12.5. The van der Waals surface area contributed by atoms with Crippen LogP contribution in [0.3, 0.4) is 0 Å². The van der Waals surface area contributed by atoms with Gasteiger partial charge in [-0.05, 0) is 60.7 Å². The minimum absolute atomic E-state index is 0.0708. The molecule has 0 fully saturated rings. The lowest BCUT2D eigenvalue weighted by Gasteiger charge is -2.19. The molecule has 0 aliphatic heterocycles. The highest BCUT2D eigenvalue weighted by Gasteiger charge is 2.17. The number of hydrogen-bond donors (Lipinski definition) is 1. The zero-order valence-corrected chi connectivity index (χ0v) is 20.7. The van der Waals surface area contributed by atoms with Crippen LogP contribution in [0.2, 0.25) is 0 Å². The molecule has 0 bridgehead atoms. The number of pyridine rings is 1. The molecule has 36 heavy (non-hydrogen) atoms. The summed E-state index contributed by atoms with van der Waals surface area (Å²) >= 11 is 0. The topological polar surface area (TPSA) is 42.0 Å². The van der Waals surface area contributed by atoms with E-state index < -0.39 is 0 Å². The van der Waals surface area contributed by atoms with E-state index in [2.05, 4.69) is 85.9 Å². The van der Waals surface area contributed by atoms with Gasteiger partial charge in [-0.2, -0.15) is 0 Å². The van der Waals surface area contributed by atoms with E-state index in [9.17, 15) is 4.79 Å². The summed E-state index contributed by atoms with van der Waals surface area (Å²) in [4.78, 5) is 18.3. The van der Waals surface area contributed by atoms with Crippen molar-refractivity contribution in [2.75, 3.05) is 6.54 Å². The van der Waals surface area contributed by atoms with Crippen LogP contribution < -0.4 is 5.32 Å². The number of carbonyl (C=O) groups excluding carboxylic acids is 1. The second-order valence-electron chi connectivity index (χ2n) is 9.29. The van der Waals surface area contributed by atoms with Crippen LogP contribution in [0, 0.1) is 13.8 Å². The normalized spacial score (nSPS) is 11.1.